The molecule has 0 atom stereocenters. The van der Waals surface area contributed by atoms with E-state index in [-0.39, 0.29) is 11.8 Å². The third kappa shape index (κ3) is 2.34. The minimum Gasteiger partial charge on any atom is -0.373 e. The molecular weight excluding hydrogens is 212 g/mol. The average molecular weight is 224 g/mol. The number of ether oxygens (including phenoxy) is 1. The first-order valence-electron chi connectivity index (χ1n) is 4.88. The minimum absolute atomic E-state index is 0.136. The molecule has 0 aliphatic rings. The lowest BCUT2D eigenvalue weighted by molar-refractivity contribution is 0.114. The molecule has 0 bridgehead atoms. The summed E-state index contributed by atoms with van der Waals surface area (Å²) in [6, 6.07) is 0. The normalized spacial score (nSPS) is 10.8. The van der Waals surface area contributed by atoms with Gasteiger partial charge in [-0.1, -0.05) is 12.1 Å². The van der Waals surface area contributed by atoms with Crippen molar-refractivity contribution in [3.8, 4) is 11.7 Å². The van der Waals surface area contributed by atoms with Gasteiger partial charge in [0.15, 0.2) is 5.82 Å². The number of aromatic amines is 1. The molecule has 0 aromatic carbocycles. The zero-order valence-electron chi connectivity index (χ0n) is 8.80. The lowest BCUT2D eigenvalue weighted by atomic mass is 10.5. The number of aromatic nitrogens is 5. The Morgan fingerprint density at radius 1 is 1.44 bits per heavy atom. The van der Waals surface area contributed by atoms with E-state index < -0.39 is 0 Å². The second kappa shape index (κ2) is 4.71. The standard InChI is InChI=1S/C8H12N6O2/c1-2-3-15-4-5-10-7(16-14-5)6-11-8(9)13-12-6/h2-4H2,1H3,(H3,9,11,12,13). The van der Waals surface area contributed by atoms with E-state index in [0.717, 1.165) is 6.42 Å². The van der Waals surface area contributed by atoms with Crippen LogP contribution in [0, 0.1) is 0 Å². The van der Waals surface area contributed by atoms with Crippen LogP contribution in [0.15, 0.2) is 4.52 Å². The molecule has 86 valence electrons. The molecule has 8 nitrogen and oxygen atoms in total. The van der Waals surface area contributed by atoms with Gasteiger partial charge in [-0.25, -0.2) is 0 Å². The molecule has 0 spiro atoms. The summed E-state index contributed by atoms with van der Waals surface area (Å²) in [7, 11) is 0. The summed E-state index contributed by atoms with van der Waals surface area (Å²) < 4.78 is 10.2. The number of nitrogens with one attached hydrogen (secondary N) is 1. The minimum atomic E-state index is 0.136. The Morgan fingerprint density at radius 3 is 3.00 bits per heavy atom. The van der Waals surface area contributed by atoms with Crippen LogP contribution in [0.1, 0.15) is 19.2 Å². The molecule has 2 aromatic rings. The molecule has 2 heterocycles. The van der Waals surface area contributed by atoms with Gasteiger partial charge < -0.3 is 15.0 Å². The van der Waals surface area contributed by atoms with Gasteiger partial charge >= 0.3 is 0 Å². The van der Waals surface area contributed by atoms with Gasteiger partial charge in [-0.3, -0.25) is 5.10 Å². The second-order valence-corrected chi connectivity index (χ2v) is 3.11. The average Bonchev–Trinajstić information content (AvgIpc) is 2.87. The molecule has 2 aromatic heterocycles. The van der Waals surface area contributed by atoms with E-state index in [1.165, 1.54) is 0 Å². The fourth-order valence-electron chi connectivity index (χ4n) is 1.09. The van der Waals surface area contributed by atoms with Gasteiger partial charge in [0.1, 0.15) is 6.61 Å². The van der Waals surface area contributed by atoms with Crippen molar-refractivity contribution >= 4 is 5.95 Å². The van der Waals surface area contributed by atoms with Gasteiger partial charge in [0.05, 0.1) is 0 Å². The highest BCUT2D eigenvalue weighted by Crippen LogP contribution is 2.12. The Morgan fingerprint density at radius 2 is 2.31 bits per heavy atom. The number of nitrogens with two attached hydrogens (primary N) is 1. The van der Waals surface area contributed by atoms with Crippen LogP contribution in [-0.2, 0) is 11.3 Å². The fraction of sp³-hybridized carbons (Fsp3) is 0.500. The summed E-state index contributed by atoms with van der Waals surface area (Å²) in [4.78, 5) is 7.94. The van der Waals surface area contributed by atoms with Gasteiger partial charge in [-0.15, -0.1) is 5.10 Å². The van der Waals surface area contributed by atoms with Crippen LogP contribution in [0.3, 0.4) is 0 Å². The highest BCUT2D eigenvalue weighted by molar-refractivity contribution is 5.41. The molecule has 8 heteroatoms. The van der Waals surface area contributed by atoms with E-state index in [2.05, 4.69) is 25.3 Å². The number of nitrogens with zero attached hydrogens (tertiary/aromatic N) is 4. The highest BCUT2D eigenvalue weighted by Gasteiger charge is 2.12. The van der Waals surface area contributed by atoms with Gasteiger partial charge in [0.2, 0.25) is 11.8 Å². The Kier molecular flexibility index (Phi) is 3.10. The monoisotopic (exact) mass is 224 g/mol. The predicted octanol–water partition coefficient (Wildman–Crippen LogP) is 0.363. The summed E-state index contributed by atoms with van der Waals surface area (Å²) in [5, 5.41) is 9.97. The van der Waals surface area contributed by atoms with E-state index in [1.807, 2.05) is 6.92 Å². The van der Waals surface area contributed by atoms with Crippen LogP contribution in [0.4, 0.5) is 5.95 Å². The van der Waals surface area contributed by atoms with Crippen molar-refractivity contribution in [3.63, 3.8) is 0 Å². The Balaban J connectivity index is 2.02. The molecule has 16 heavy (non-hydrogen) atoms. The van der Waals surface area contributed by atoms with Gasteiger partial charge in [0, 0.05) is 6.61 Å². The smallest absolute Gasteiger partial charge is 0.295 e. The SMILES string of the molecule is CCCOCc1noc(-c2nc(N)n[nH]2)n1. The van der Waals surface area contributed by atoms with Crippen molar-refractivity contribution < 1.29 is 9.26 Å². The molecular formula is C8H12N6O2. The van der Waals surface area contributed by atoms with Crippen LogP contribution in [0.25, 0.3) is 11.7 Å². The Hall–Kier alpha value is -1.96. The molecule has 0 unspecified atom stereocenters. The maximum Gasteiger partial charge on any atom is 0.295 e. The summed E-state index contributed by atoms with van der Waals surface area (Å²) in [6.45, 7) is 3.01. The molecule has 0 aliphatic heterocycles. The van der Waals surface area contributed by atoms with Crippen LogP contribution >= 0.6 is 0 Å². The van der Waals surface area contributed by atoms with E-state index in [0.29, 0.717) is 24.9 Å². The Labute approximate surface area is 91.2 Å². The molecule has 3 N–H and O–H groups in total. The highest BCUT2D eigenvalue weighted by atomic mass is 16.5. The fourth-order valence-corrected chi connectivity index (χ4v) is 1.09. The van der Waals surface area contributed by atoms with E-state index >= 15 is 0 Å². The maximum absolute atomic E-state index is 5.35. The van der Waals surface area contributed by atoms with Crippen molar-refractivity contribution in [2.24, 2.45) is 0 Å². The third-order valence-electron chi connectivity index (χ3n) is 1.75. The van der Waals surface area contributed by atoms with Crippen molar-refractivity contribution in [1.29, 1.82) is 0 Å². The van der Waals surface area contributed by atoms with Gasteiger partial charge in [-0.05, 0) is 6.42 Å². The molecule has 0 saturated carbocycles. The topological polar surface area (TPSA) is 116 Å². The lowest BCUT2D eigenvalue weighted by Crippen LogP contribution is -1.95. The van der Waals surface area contributed by atoms with Crippen molar-refractivity contribution in [3.05, 3.63) is 5.82 Å². The molecule has 0 saturated heterocycles. The zero-order valence-corrected chi connectivity index (χ0v) is 8.80. The number of nitrogen functional groups attached to an aromatic ring is 1. The second-order valence-electron chi connectivity index (χ2n) is 3.11. The van der Waals surface area contributed by atoms with Gasteiger partial charge in [0.25, 0.3) is 5.89 Å². The van der Waals surface area contributed by atoms with E-state index in [9.17, 15) is 0 Å². The zero-order chi connectivity index (χ0) is 11.4. The molecule has 0 fully saturated rings. The van der Waals surface area contributed by atoms with Crippen LogP contribution in [-0.4, -0.2) is 31.9 Å². The van der Waals surface area contributed by atoms with Gasteiger partial charge in [-0.2, -0.15) is 9.97 Å². The van der Waals surface area contributed by atoms with E-state index in [4.69, 9.17) is 15.0 Å². The largest absolute Gasteiger partial charge is 0.373 e. The van der Waals surface area contributed by atoms with Crippen LogP contribution in [0.5, 0.6) is 0 Å². The van der Waals surface area contributed by atoms with Crippen molar-refractivity contribution in [2.45, 2.75) is 20.0 Å². The van der Waals surface area contributed by atoms with Crippen molar-refractivity contribution in [2.75, 3.05) is 12.3 Å². The lowest BCUT2D eigenvalue weighted by Gasteiger charge is -1.95. The number of hydrogen-bond donors (Lipinski definition) is 2. The summed E-state index contributed by atoms with van der Waals surface area (Å²) in [6.07, 6.45) is 0.948. The maximum atomic E-state index is 5.35. The van der Waals surface area contributed by atoms with E-state index in [1.54, 1.807) is 0 Å². The molecule has 0 amide bonds. The van der Waals surface area contributed by atoms with Crippen LogP contribution < -0.4 is 5.73 Å². The van der Waals surface area contributed by atoms with Crippen molar-refractivity contribution in [1.82, 2.24) is 25.3 Å². The quantitative estimate of drug-likeness (QED) is 0.704. The molecule has 0 radical (unpaired) electrons. The molecule has 0 aliphatic carbocycles. The number of H-pyrrole nitrogens is 1. The summed E-state index contributed by atoms with van der Waals surface area (Å²) >= 11 is 0. The number of anilines is 1. The number of rotatable bonds is 5. The first-order valence-corrected chi connectivity index (χ1v) is 4.88. The third-order valence-corrected chi connectivity index (χ3v) is 1.75. The summed E-state index contributed by atoms with van der Waals surface area (Å²) in [5.41, 5.74) is 5.35. The Bertz CT molecular complexity index is 451. The predicted molar refractivity (Wildman–Crippen MR) is 54.0 cm³/mol. The van der Waals surface area contributed by atoms with Crippen LogP contribution in [0.2, 0.25) is 0 Å². The first kappa shape index (κ1) is 10.6. The molecule has 2 rings (SSSR count). The first-order chi connectivity index (χ1) is 7.79. The number of hydrogen-bond acceptors (Lipinski definition) is 7. The summed E-state index contributed by atoms with van der Waals surface area (Å²) in [5.74, 6) is 1.21.